The lowest BCUT2D eigenvalue weighted by atomic mass is 9.89. The third kappa shape index (κ3) is 2.68. The Labute approximate surface area is 93.3 Å². The van der Waals surface area contributed by atoms with Gasteiger partial charge in [0.15, 0.2) is 0 Å². The topological polar surface area (TPSA) is 74.8 Å². The molecule has 1 aliphatic carbocycles. The molecule has 0 saturated heterocycles. The van der Waals surface area contributed by atoms with Crippen LogP contribution < -0.4 is 10.9 Å². The van der Waals surface area contributed by atoms with Crippen LogP contribution in [0.1, 0.15) is 32.1 Å². The molecule has 16 heavy (non-hydrogen) atoms. The van der Waals surface area contributed by atoms with E-state index in [1.54, 1.807) is 0 Å². The highest BCUT2D eigenvalue weighted by Crippen LogP contribution is 2.24. The fourth-order valence-electron chi connectivity index (χ4n) is 2.02. The van der Waals surface area contributed by atoms with Gasteiger partial charge in [0.25, 0.3) is 5.56 Å². The molecule has 86 valence electrons. The molecule has 1 amide bonds. The summed E-state index contributed by atoms with van der Waals surface area (Å²) in [5.74, 6) is 0.274. The predicted octanol–water partition coefficient (Wildman–Crippen LogP) is 1.29. The number of aromatic amines is 1. The molecule has 0 spiro atoms. The van der Waals surface area contributed by atoms with Crippen LogP contribution in [0.2, 0.25) is 0 Å². The largest absolute Gasteiger partial charge is 0.296 e. The highest BCUT2D eigenvalue weighted by Gasteiger charge is 2.21. The Bertz CT molecular complexity index is 421. The summed E-state index contributed by atoms with van der Waals surface area (Å²) in [5.41, 5.74) is -0.256. The third-order valence-electron chi connectivity index (χ3n) is 2.89. The highest BCUT2D eigenvalue weighted by molar-refractivity contribution is 5.90. The van der Waals surface area contributed by atoms with Crippen molar-refractivity contribution in [2.45, 2.75) is 32.1 Å². The number of nitrogens with one attached hydrogen (secondary N) is 2. The van der Waals surface area contributed by atoms with E-state index in [2.05, 4.69) is 15.3 Å². The van der Waals surface area contributed by atoms with Gasteiger partial charge in [-0.15, -0.1) is 0 Å². The van der Waals surface area contributed by atoms with Crippen molar-refractivity contribution < 1.29 is 4.79 Å². The van der Waals surface area contributed by atoms with Gasteiger partial charge < -0.3 is 0 Å². The summed E-state index contributed by atoms with van der Waals surface area (Å²) in [6.45, 7) is 0. The lowest BCUT2D eigenvalue weighted by Crippen LogP contribution is -2.26. The zero-order valence-corrected chi connectivity index (χ0v) is 9.03. The number of carbonyl (C=O) groups excluding carboxylic acids is 1. The zero-order valence-electron chi connectivity index (χ0n) is 9.03. The number of carbonyl (C=O) groups is 1. The van der Waals surface area contributed by atoms with E-state index in [4.69, 9.17) is 0 Å². The van der Waals surface area contributed by atoms with E-state index >= 15 is 0 Å². The maximum atomic E-state index is 11.8. The monoisotopic (exact) mass is 221 g/mol. The summed E-state index contributed by atoms with van der Waals surface area (Å²) >= 11 is 0. The molecule has 1 saturated carbocycles. The molecule has 2 N–H and O–H groups in total. The molecule has 0 bridgehead atoms. The smallest absolute Gasteiger partial charge is 0.252 e. The Morgan fingerprint density at radius 1 is 1.38 bits per heavy atom. The minimum Gasteiger partial charge on any atom is -0.296 e. The lowest BCUT2D eigenvalue weighted by molar-refractivity contribution is -0.120. The van der Waals surface area contributed by atoms with Crippen LogP contribution in [0.25, 0.3) is 0 Å². The van der Waals surface area contributed by atoms with Gasteiger partial charge in [0, 0.05) is 18.2 Å². The second-order valence-corrected chi connectivity index (χ2v) is 4.11. The molecular weight excluding hydrogens is 206 g/mol. The van der Waals surface area contributed by atoms with Crippen LogP contribution in [0.5, 0.6) is 0 Å². The number of anilines is 1. The van der Waals surface area contributed by atoms with Gasteiger partial charge in [0.1, 0.15) is 0 Å². The molecule has 5 heteroatoms. The summed E-state index contributed by atoms with van der Waals surface area (Å²) in [5, 5.41) is 2.65. The number of H-pyrrole nitrogens is 1. The summed E-state index contributed by atoms with van der Waals surface area (Å²) in [6.07, 6.45) is 6.68. The number of nitrogens with zero attached hydrogens (tertiary/aromatic N) is 1. The van der Waals surface area contributed by atoms with Crippen molar-refractivity contribution in [2.75, 3.05) is 5.32 Å². The Kier molecular flexibility index (Phi) is 3.34. The second kappa shape index (κ2) is 4.92. The van der Waals surface area contributed by atoms with Crippen molar-refractivity contribution in [3.63, 3.8) is 0 Å². The maximum Gasteiger partial charge on any atom is 0.252 e. The predicted molar refractivity (Wildman–Crippen MR) is 60.1 cm³/mol. The van der Waals surface area contributed by atoms with E-state index in [9.17, 15) is 9.59 Å². The van der Waals surface area contributed by atoms with Crippen molar-refractivity contribution in [1.82, 2.24) is 9.97 Å². The number of hydrogen-bond acceptors (Lipinski definition) is 3. The van der Waals surface area contributed by atoms with Gasteiger partial charge in [0.05, 0.1) is 0 Å². The molecule has 1 aromatic rings. The molecule has 0 aromatic carbocycles. The molecule has 1 aliphatic rings. The van der Waals surface area contributed by atoms with Crippen LogP contribution in [-0.4, -0.2) is 15.9 Å². The standard InChI is InChI=1S/C11H15N3O2/c15-9-6-7-12-11(13-9)14-10(16)8-4-2-1-3-5-8/h6-8H,1-5H2,(H2,12,13,14,15,16). The molecule has 0 atom stereocenters. The first-order valence-electron chi connectivity index (χ1n) is 5.62. The van der Waals surface area contributed by atoms with Crippen LogP contribution >= 0.6 is 0 Å². The molecule has 5 nitrogen and oxygen atoms in total. The SMILES string of the molecule is O=C(Nc1nccc(=O)[nH]1)C1CCCCC1. The highest BCUT2D eigenvalue weighted by atomic mass is 16.2. The van der Waals surface area contributed by atoms with Crippen LogP contribution in [0.15, 0.2) is 17.1 Å². The van der Waals surface area contributed by atoms with Crippen LogP contribution in [-0.2, 0) is 4.79 Å². The Balaban J connectivity index is 1.98. The van der Waals surface area contributed by atoms with Crippen molar-refractivity contribution in [3.05, 3.63) is 22.6 Å². The fraction of sp³-hybridized carbons (Fsp3) is 0.545. The molecule has 2 rings (SSSR count). The summed E-state index contributed by atoms with van der Waals surface area (Å²) in [4.78, 5) is 29.2. The lowest BCUT2D eigenvalue weighted by Gasteiger charge is -2.20. The van der Waals surface area contributed by atoms with Crippen molar-refractivity contribution in [1.29, 1.82) is 0 Å². The number of amides is 1. The number of aromatic nitrogens is 2. The average Bonchev–Trinajstić information content (AvgIpc) is 2.30. The van der Waals surface area contributed by atoms with Crippen molar-refractivity contribution >= 4 is 11.9 Å². The number of hydrogen-bond donors (Lipinski definition) is 2. The fourth-order valence-corrected chi connectivity index (χ4v) is 2.02. The minimum absolute atomic E-state index is 0.0333. The van der Waals surface area contributed by atoms with Crippen LogP contribution in [0, 0.1) is 5.92 Å². The van der Waals surface area contributed by atoms with E-state index in [1.807, 2.05) is 0 Å². The van der Waals surface area contributed by atoms with E-state index in [-0.39, 0.29) is 23.3 Å². The Hall–Kier alpha value is -1.65. The molecular formula is C11H15N3O2. The first kappa shape index (κ1) is 10.9. The minimum atomic E-state index is -0.256. The van der Waals surface area contributed by atoms with E-state index < -0.39 is 0 Å². The molecule has 1 heterocycles. The summed E-state index contributed by atoms with van der Waals surface area (Å²) in [6, 6.07) is 1.32. The first-order chi connectivity index (χ1) is 7.75. The molecule has 0 aliphatic heterocycles. The van der Waals surface area contributed by atoms with E-state index in [1.165, 1.54) is 18.7 Å². The van der Waals surface area contributed by atoms with Gasteiger partial charge in [-0.2, -0.15) is 0 Å². The van der Waals surface area contributed by atoms with E-state index in [0.717, 1.165) is 25.7 Å². The van der Waals surface area contributed by atoms with Gasteiger partial charge >= 0.3 is 0 Å². The van der Waals surface area contributed by atoms with E-state index in [0.29, 0.717) is 0 Å². The van der Waals surface area contributed by atoms with Gasteiger partial charge in [0.2, 0.25) is 11.9 Å². The van der Waals surface area contributed by atoms with Gasteiger partial charge in [-0.05, 0) is 12.8 Å². The van der Waals surface area contributed by atoms with Gasteiger partial charge in [-0.1, -0.05) is 19.3 Å². The van der Waals surface area contributed by atoms with Gasteiger partial charge in [-0.25, -0.2) is 4.98 Å². The quantitative estimate of drug-likeness (QED) is 0.790. The number of rotatable bonds is 2. The molecule has 0 radical (unpaired) electrons. The zero-order chi connectivity index (χ0) is 11.4. The summed E-state index contributed by atoms with van der Waals surface area (Å²) < 4.78 is 0. The second-order valence-electron chi connectivity index (χ2n) is 4.11. The third-order valence-corrected chi connectivity index (χ3v) is 2.89. The molecule has 1 aromatic heterocycles. The first-order valence-corrected chi connectivity index (χ1v) is 5.62. The Morgan fingerprint density at radius 2 is 2.12 bits per heavy atom. The molecule has 1 fully saturated rings. The Morgan fingerprint density at radius 3 is 2.81 bits per heavy atom. The maximum absolute atomic E-state index is 11.8. The van der Waals surface area contributed by atoms with Crippen molar-refractivity contribution in [2.24, 2.45) is 5.92 Å². The average molecular weight is 221 g/mol. The molecule has 0 unspecified atom stereocenters. The van der Waals surface area contributed by atoms with Crippen LogP contribution in [0.3, 0.4) is 0 Å². The summed E-state index contributed by atoms with van der Waals surface area (Å²) in [7, 11) is 0. The van der Waals surface area contributed by atoms with Crippen LogP contribution in [0.4, 0.5) is 5.95 Å². The normalized spacial score (nSPS) is 17.0. The van der Waals surface area contributed by atoms with Crippen molar-refractivity contribution in [3.8, 4) is 0 Å². The van der Waals surface area contributed by atoms with Gasteiger partial charge in [-0.3, -0.25) is 19.9 Å².